The summed E-state index contributed by atoms with van der Waals surface area (Å²) in [4.78, 5) is 0. The van der Waals surface area contributed by atoms with E-state index in [9.17, 15) is 0 Å². The Morgan fingerprint density at radius 2 is 0.919 bits per heavy atom. The summed E-state index contributed by atoms with van der Waals surface area (Å²) in [5.41, 5.74) is 0. The Hall–Kier alpha value is 1.02. The number of hydrogen-bond donors (Lipinski definition) is 1. The van der Waals surface area contributed by atoms with E-state index in [0.29, 0.717) is 19.8 Å². The summed E-state index contributed by atoms with van der Waals surface area (Å²) >= 11 is 0. The first-order chi connectivity index (χ1) is 16.5. The van der Waals surface area contributed by atoms with Crippen LogP contribution in [0.4, 0.5) is 0 Å². The maximum Gasteiger partial charge on any atom is 0.314 e. The molecular weight excluding hydrogens is 569 g/mol. The number of hydrogen-bond acceptors (Lipinski definition) is 7. The van der Waals surface area contributed by atoms with Crippen molar-refractivity contribution in [3.05, 3.63) is 0 Å². The lowest BCUT2D eigenvalue weighted by molar-refractivity contribution is -0.0276. The average molecular weight is 631 g/mol. The SMILES string of the molecule is C[Si](C)(C)O[Si](C)(CCCOC(CCC[Si](C)(O[Si](C)(C)C)O[Si](C)(C)C)COCCO)O[Si](C)(C)C. The van der Waals surface area contributed by atoms with Gasteiger partial charge in [-0.15, -0.1) is 0 Å². The van der Waals surface area contributed by atoms with Crippen molar-refractivity contribution in [1.82, 2.24) is 0 Å². The summed E-state index contributed by atoms with van der Waals surface area (Å²) < 4.78 is 38.6. The lowest BCUT2D eigenvalue weighted by atomic mass is 10.2. The second-order valence-electron chi connectivity index (χ2n) is 14.4. The van der Waals surface area contributed by atoms with E-state index in [0.717, 1.165) is 31.4 Å². The molecule has 0 saturated carbocycles. The van der Waals surface area contributed by atoms with E-state index >= 15 is 0 Å². The molecule has 0 aliphatic carbocycles. The van der Waals surface area contributed by atoms with Crippen LogP contribution in [0, 0.1) is 0 Å². The third-order valence-corrected chi connectivity index (χ3v) is 24.1. The molecular formula is C24H62O7Si6. The van der Waals surface area contributed by atoms with Crippen molar-refractivity contribution in [2.45, 2.75) is 129 Å². The lowest BCUT2D eigenvalue weighted by Gasteiger charge is -2.39. The van der Waals surface area contributed by atoms with Crippen LogP contribution in [0.3, 0.4) is 0 Å². The van der Waals surface area contributed by atoms with Crippen LogP contribution in [-0.2, 0) is 25.9 Å². The molecule has 224 valence electrons. The van der Waals surface area contributed by atoms with E-state index in [1.54, 1.807) is 0 Å². The summed E-state index contributed by atoms with van der Waals surface area (Å²) in [6.07, 6.45) is 2.78. The molecule has 0 spiro atoms. The Morgan fingerprint density at radius 3 is 1.27 bits per heavy atom. The zero-order chi connectivity index (χ0) is 29.2. The molecule has 1 unspecified atom stereocenters. The van der Waals surface area contributed by atoms with Crippen molar-refractivity contribution < 1.29 is 31.0 Å². The van der Waals surface area contributed by atoms with Gasteiger partial charge in [0.25, 0.3) is 0 Å². The van der Waals surface area contributed by atoms with E-state index in [4.69, 9.17) is 31.0 Å². The molecule has 0 saturated heterocycles. The molecule has 0 aromatic heterocycles. The Labute approximate surface area is 236 Å². The normalized spacial score (nSPS) is 15.3. The molecule has 0 heterocycles. The number of aliphatic hydroxyl groups is 1. The highest BCUT2D eigenvalue weighted by atomic mass is 28.5. The van der Waals surface area contributed by atoms with Gasteiger partial charge in [0.05, 0.1) is 25.9 Å². The zero-order valence-electron chi connectivity index (χ0n) is 26.8. The van der Waals surface area contributed by atoms with Gasteiger partial charge in [0.2, 0.25) is 0 Å². The number of ether oxygens (including phenoxy) is 2. The van der Waals surface area contributed by atoms with Crippen molar-refractivity contribution in [3.8, 4) is 0 Å². The molecule has 13 heteroatoms. The van der Waals surface area contributed by atoms with Crippen molar-refractivity contribution in [1.29, 1.82) is 0 Å². The molecule has 0 amide bonds. The number of rotatable bonds is 21. The van der Waals surface area contributed by atoms with Gasteiger partial charge in [-0.2, -0.15) is 0 Å². The first-order valence-electron chi connectivity index (χ1n) is 14.1. The second kappa shape index (κ2) is 15.9. The highest BCUT2D eigenvalue weighted by molar-refractivity contribution is 6.88. The minimum Gasteiger partial charge on any atom is -0.437 e. The van der Waals surface area contributed by atoms with E-state index in [-0.39, 0.29) is 12.7 Å². The van der Waals surface area contributed by atoms with Crippen LogP contribution >= 0.6 is 0 Å². The predicted molar refractivity (Wildman–Crippen MR) is 172 cm³/mol. The number of aliphatic hydroxyl groups excluding tert-OH is 1. The molecule has 0 bridgehead atoms. The van der Waals surface area contributed by atoms with Gasteiger partial charge in [0.1, 0.15) is 0 Å². The Balaban J connectivity index is 5.10. The highest BCUT2D eigenvalue weighted by Crippen LogP contribution is 2.28. The van der Waals surface area contributed by atoms with Gasteiger partial charge >= 0.3 is 17.1 Å². The standard InChI is InChI=1S/C24H62O7Si6/c1-32(2,3)28-36(13,29-33(4,5)6)21-15-17-24(23-26-20-18-25)27-19-16-22-37(14,30-34(7,8)9)31-35(10,11)12/h24-25H,15-23H2,1-14H3. The smallest absolute Gasteiger partial charge is 0.314 e. The van der Waals surface area contributed by atoms with E-state index in [1.807, 2.05) is 0 Å². The largest absolute Gasteiger partial charge is 0.437 e. The van der Waals surface area contributed by atoms with Gasteiger partial charge in [-0.25, -0.2) is 0 Å². The van der Waals surface area contributed by atoms with Crippen LogP contribution in [0.25, 0.3) is 0 Å². The first kappa shape index (κ1) is 38.0. The summed E-state index contributed by atoms with van der Waals surface area (Å²) in [7, 11) is -11.4. The third-order valence-electron chi connectivity index (χ3n) is 4.91. The minimum atomic E-state index is -2.27. The van der Waals surface area contributed by atoms with Crippen molar-refractivity contribution >= 4 is 50.4 Å². The van der Waals surface area contributed by atoms with Gasteiger partial charge in [0, 0.05) is 6.61 Å². The topological polar surface area (TPSA) is 75.6 Å². The summed E-state index contributed by atoms with van der Waals surface area (Å²) in [6, 6.07) is 1.89. The Kier molecular flexibility index (Phi) is 16.3. The molecule has 0 fully saturated rings. The van der Waals surface area contributed by atoms with E-state index < -0.39 is 50.4 Å². The molecule has 0 rings (SSSR count). The summed E-state index contributed by atoms with van der Waals surface area (Å²) in [5, 5.41) is 9.17. The Morgan fingerprint density at radius 1 is 0.541 bits per heavy atom. The zero-order valence-corrected chi connectivity index (χ0v) is 32.8. The van der Waals surface area contributed by atoms with E-state index in [1.165, 1.54) is 0 Å². The quantitative estimate of drug-likeness (QED) is 0.107. The summed E-state index contributed by atoms with van der Waals surface area (Å²) in [5.74, 6) is 0. The summed E-state index contributed by atoms with van der Waals surface area (Å²) in [6.45, 7) is 32.9. The van der Waals surface area contributed by atoms with Gasteiger partial charge in [-0.05, 0) is 123 Å². The molecule has 0 aliphatic rings. The van der Waals surface area contributed by atoms with Crippen LogP contribution in [0.2, 0.25) is 104 Å². The van der Waals surface area contributed by atoms with Crippen LogP contribution in [0.5, 0.6) is 0 Å². The van der Waals surface area contributed by atoms with Crippen molar-refractivity contribution in [2.24, 2.45) is 0 Å². The average Bonchev–Trinajstić information content (AvgIpc) is 2.58. The lowest BCUT2D eigenvalue weighted by Crippen LogP contribution is -2.52. The second-order valence-corrected chi connectivity index (χ2v) is 40.1. The Bertz CT molecular complexity index is 595. The predicted octanol–water partition coefficient (Wildman–Crippen LogP) is 7.10. The third kappa shape index (κ3) is 22.4. The molecule has 0 radical (unpaired) electrons. The maximum absolute atomic E-state index is 9.17. The molecule has 0 aliphatic heterocycles. The van der Waals surface area contributed by atoms with Crippen LogP contribution in [0.15, 0.2) is 0 Å². The van der Waals surface area contributed by atoms with Crippen LogP contribution in [0.1, 0.15) is 19.3 Å². The molecule has 7 nitrogen and oxygen atoms in total. The highest BCUT2D eigenvalue weighted by Gasteiger charge is 2.41. The van der Waals surface area contributed by atoms with Crippen LogP contribution < -0.4 is 0 Å². The minimum absolute atomic E-state index is 0.00712. The van der Waals surface area contributed by atoms with Gasteiger partial charge in [-0.3, -0.25) is 0 Å². The fraction of sp³-hybridized carbons (Fsp3) is 1.00. The fourth-order valence-electron chi connectivity index (χ4n) is 4.62. The van der Waals surface area contributed by atoms with Crippen molar-refractivity contribution in [3.63, 3.8) is 0 Å². The van der Waals surface area contributed by atoms with Gasteiger partial charge < -0.3 is 31.0 Å². The molecule has 0 aromatic rings. The van der Waals surface area contributed by atoms with E-state index in [2.05, 4.69) is 91.7 Å². The molecule has 0 aromatic carbocycles. The molecule has 37 heavy (non-hydrogen) atoms. The molecule has 1 N–H and O–H groups in total. The fourth-order valence-corrected chi connectivity index (χ4v) is 29.7. The maximum atomic E-state index is 9.17. The molecule has 1 atom stereocenters. The van der Waals surface area contributed by atoms with Crippen LogP contribution in [-0.4, -0.2) is 88.0 Å². The van der Waals surface area contributed by atoms with Crippen molar-refractivity contribution in [2.75, 3.05) is 26.4 Å². The monoisotopic (exact) mass is 630 g/mol. The first-order valence-corrected chi connectivity index (χ1v) is 32.8. The van der Waals surface area contributed by atoms with Gasteiger partial charge in [0.15, 0.2) is 33.3 Å². The van der Waals surface area contributed by atoms with Gasteiger partial charge in [-0.1, -0.05) is 0 Å².